The topological polar surface area (TPSA) is 252 Å². The third-order valence-corrected chi connectivity index (χ3v) is 2.53. The van der Waals surface area contributed by atoms with Gasteiger partial charge in [0.25, 0.3) is 11.9 Å². The molecule has 0 amide bonds. The summed E-state index contributed by atoms with van der Waals surface area (Å²) < 4.78 is 0. The van der Waals surface area contributed by atoms with Crippen LogP contribution in [0.3, 0.4) is 0 Å². The Morgan fingerprint density at radius 2 is 0.903 bits per heavy atom. The van der Waals surface area contributed by atoms with Crippen LogP contribution in [0.5, 0.6) is 0 Å². The van der Waals surface area contributed by atoms with Crippen molar-refractivity contribution in [2.45, 2.75) is 0 Å². The van der Waals surface area contributed by atoms with Crippen LogP contribution in [0, 0.1) is 0 Å². The zero-order valence-electron chi connectivity index (χ0n) is 16.2. The summed E-state index contributed by atoms with van der Waals surface area (Å²) >= 11 is 0. The summed E-state index contributed by atoms with van der Waals surface area (Å²) in [7, 11) is 6.47. The van der Waals surface area contributed by atoms with Gasteiger partial charge in [-0.1, -0.05) is 10.2 Å². The molecule has 22 nitrogen and oxygen atoms in total. The minimum atomic E-state index is 0. The van der Waals surface area contributed by atoms with Crippen LogP contribution >= 0.6 is 0 Å². The molecule has 4 aromatic rings. The molecule has 0 atom stereocenters. The quantitative estimate of drug-likeness (QED) is 0.182. The molecule has 0 aliphatic carbocycles. The summed E-state index contributed by atoms with van der Waals surface area (Å²) in [6.45, 7) is 0. The molecule has 0 N–H and O–H groups in total. The molecule has 4 aromatic heterocycles. The SMILES string of the molecule is Cn1nnc(/N=N/[N-]c2nnn(C)n2)n1.Cn1nnc(/N=N/[N-]c2nnn(C)n2)n1.[Ni+2]. The first-order valence-electron chi connectivity index (χ1n) is 7.67. The Bertz CT molecular complexity index is 1020. The minimum absolute atomic E-state index is 0. The third kappa shape index (κ3) is 7.49. The first kappa shape index (κ1) is 22.9. The van der Waals surface area contributed by atoms with Crippen LogP contribution in [0.1, 0.15) is 0 Å². The van der Waals surface area contributed by atoms with Gasteiger partial charge in [0.2, 0.25) is 0 Å². The fraction of sp³-hybridized carbons (Fsp3) is 0.500. The number of aryl methyl sites for hydroxylation is 4. The first-order valence-corrected chi connectivity index (χ1v) is 7.67. The molecule has 0 aliphatic rings. The molecule has 31 heavy (non-hydrogen) atoms. The van der Waals surface area contributed by atoms with Gasteiger partial charge < -0.3 is 0 Å². The molecule has 0 spiro atoms. The number of aromatic nitrogens is 16. The van der Waals surface area contributed by atoms with Crippen molar-refractivity contribution < 1.29 is 16.5 Å². The van der Waals surface area contributed by atoms with E-state index in [9.17, 15) is 0 Å². The molecule has 0 radical (unpaired) electrons. The largest absolute Gasteiger partial charge is 2.00 e. The van der Waals surface area contributed by atoms with Gasteiger partial charge >= 0.3 is 16.5 Å². The van der Waals surface area contributed by atoms with Gasteiger partial charge in [0, 0.05) is 14.1 Å². The summed E-state index contributed by atoms with van der Waals surface area (Å²) in [6, 6.07) is 0. The first-order chi connectivity index (χ1) is 14.5. The van der Waals surface area contributed by atoms with Gasteiger partial charge in [-0.2, -0.15) is 30.3 Å². The summed E-state index contributed by atoms with van der Waals surface area (Å²) in [5.74, 6) is 0.463. The second kappa shape index (κ2) is 10.9. The Hall–Kier alpha value is -4.43. The molecule has 0 saturated carbocycles. The predicted molar refractivity (Wildman–Crippen MR) is 90.3 cm³/mol. The van der Waals surface area contributed by atoms with Crippen molar-refractivity contribution in [1.29, 1.82) is 0 Å². The van der Waals surface area contributed by atoms with E-state index in [1.807, 2.05) is 0 Å². The zero-order valence-corrected chi connectivity index (χ0v) is 17.1. The zero-order chi connectivity index (χ0) is 21.3. The van der Waals surface area contributed by atoms with Crippen LogP contribution < -0.4 is 0 Å². The van der Waals surface area contributed by atoms with E-state index in [-0.39, 0.29) is 40.3 Å². The standard InChI is InChI=1S/2C4H6N11.Ni/c2*1-14-9-3(7-12-14)5-11-6-4-8-13-15(2)10-4;/h2*1-2H3;/q2*-1;+2. The molecule has 164 valence electrons. The van der Waals surface area contributed by atoms with E-state index in [0.717, 1.165) is 0 Å². The number of hydrogen-bond acceptors (Lipinski definition) is 16. The fourth-order valence-corrected chi connectivity index (χ4v) is 1.46. The summed E-state index contributed by atoms with van der Waals surface area (Å²) in [5.41, 5.74) is 7.13. The summed E-state index contributed by atoms with van der Waals surface area (Å²) in [6.07, 6.45) is 0. The monoisotopic (exact) mass is 474 g/mol. The Kier molecular flexibility index (Phi) is 8.07. The van der Waals surface area contributed by atoms with Crippen LogP contribution in [0.15, 0.2) is 20.7 Å². The fourth-order valence-electron chi connectivity index (χ4n) is 1.46. The van der Waals surface area contributed by atoms with E-state index >= 15 is 0 Å². The van der Waals surface area contributed by atoms with Gasteiger partial charge in [-0.05, 0) is 10.4 Å². The van der Waals surface area contributed by atoms with E-state index in [4.69, 9.17) is 0 Å². The smallest absolute Gasteiger partial charge is 0.233 e. The average Bonchev–Trinajstić information content (AvgIpc) is 3.48. The number of hydrogen-bond donors (Lipinski definition) is 0. The third-order valence-electron chi connectivity index (χ3n) is 2.53. The average molecular weight is 475 g/mol. The van der Waals surface area contributed by atoms with Crippen molar-refractivity contribution in [3.05, 3.63) is 10.9 Å². The molecular weight excluding hydrogens is 463 g/mol. The van der Waals surface area contributed by atoms with Crippen LogP contribution in [0.2, 0.25) is 0 Å². The van der Waals surface area contributed by atoms with Gasteiger partial charge in [-0.25, -0.2) is 40.8 Å². The van der Waals surface area contributed by atoms with E-state index in [0.29, 0.717) is 0 Å². The van der Waals surface area contributed by atoms with Gasteiger partial charge in [-0.15, -0.1) is 20.6 Å². The molecule has 0 aromatic carbocycles. The summed E-state index contributed by atoms with van der Waals surface area (Å²) in [5, 5.41) is 57.6. The maximum absolute atomic E-state index is 3.76. The van der Waals surface area contributed by atoms with Gasteiger partial charge in [0.15, 0.2) is 0 Å². The van der Waals surface area contributed by atoms with Gasteiger partial charge in [-0.3, -0.25) is 0 Å². The Labute approximate surface area is 181 Å². The Balaban J connectivity index is 0.000000213. The van der Waals surface area contributed by atoms with E-state index in [1.54, 1.807) is 28.2 Å². The van der Waals surface area contributed by atoms with Crippen molar-refractivity contribution in [2.24, 2.45) is 48.9 Å². The van der Waals surface area contributed by atoms with Crippen molar-refractivity contribution in [3.63, 3.8) is 0 Å². The number of nitrogens with zero attached hydrogens (tertiary/aromatic N) is 22. The second-order valence-corrected chi connectivity index (χ2v) is 4.89. The van der Waals surface area contributed by atoms with Crippen LogP contribution in [0.25, 0.3) is 10.9 Å². The van der Waals surface area contributed by atoms with Crippen LogP contribution in [0.4, 0.5) is 23.8 Å². The van der Waals surface area contributed by atoms with Gasteiger partial charge in [0.1, 0.15) is 11.9 Å². The summed E-state index contributed by atoms with van der Waals surface area (Å²) in [4.78, 5) is 5.04. The van der Waals surface area contributed by atoms with Crippen molar-refractivity contribution >= 4 is 23.8 Å². The Morgan fingerprint density at radius 1 is 0.548 bits per heavy atom. The van der Waals surface area contributed by atoms with Crippen molar-refractivity contribution in [2.75, 3.05) is 0 Å². The van der Waals surface area contributed by atoms with E-state index in [1.165, 1.54) is 19.2 Å². The van der Waals surface area contributed by atoms with Crippen LogP contribution in [-0.4, -0.2) is 80.8 Å². The Morgan fingerprint density at radius 3 is 1.19 bits per heavy atom. The maximum atomic E-state index is 3.76. The van der Waals surface area contributed by atoms with E-state index < -0.39 is 0 Å². The van der Waals surface area contributed by atoms with Crippen molar-refractivity contribution in [1.82, 2.24) is 80.8 Å². The molecule has 4 rings (SSSR count). The van der Waals surface area contributed by atoms with Gasteiger partial charge in [0.05, 0.1) is 14.1 Å². The molecule has 0 unspecified atom stereocenters. The minimum Gasteiger partial charge on any atom is -0.233 e. The van der Waals surface area contributed by atoms with Crippen LogP contribution in [-0.2, 0) is 44.7 Å². The van der Waals surface area contributed by atoms with E-state index in [2.05, 4.69) is 93.2 Å². The second-order valence-electron chi connectivity index (χ2n) is 4.89. The van der Waals surface area contributed by atoms with Crippen molar-refractivity contribution in [3.8, 4) is 0 Å². The number of rotatable bonds is 6. The molecule has 0 bridgehead atoms. The molecule has 23 heteroatoms. The maximum Gasteiger partial charge on any atom is 2.00 e. The molecule has 0 saturated heterocycles. The normalized spacial score (nSPS) is 10.7. The molecule has 0 fully saturated rings. The molecular formula is C8H12N22Ni. The molecule has 0 aliphatic heterocycles. The predicted octanol–water partition coefficient (Wildman–Crippen LogP) is -1.13. The molecule has 4 heterocycles. The number of tetrazole rings is 4.